The van der Waals surface area contributed by atoms with E-state index in [0.29, 0.717) is 33.8 Å². The number of hydrogen-bond acceptors (Lipinski definition) is 3. The van der Waals surface area contributed by atoms with Crippen molar-refractivity contribution in [1.82, 2.24) is 4.90 Å². The Morgan fingerprint density at radius 2 is 1.46 bits per heavy atom. The number of hydrogen-bond donors (Lipinski definition) is 1. The van der Waals surface area contributed by atoms with E-state index in [-0.39, 0.29) is 5.75 Å². The topological polar surface area (TPSA) is 35.8 Å². The lowest BCUT2D eigenvalue weighted by atomic mass is 10.1. The van der Waals surface area contributed by atoms with Crippen LogP contribution in [0.3, 0.4) is 0 Å². The Labute approximate surface area is 225 Å². The fourth-order valence-electron chi connectivity index (χ4n) is 3.53. The van der Waals surface area contributed by atoms with Crippen LogP contribution in [-0.4, -0.2) is 15.2 Å². The molecule has 1 N–H and O–H groups in total. The third kappa shape index (κ3) is 7.68. The van der Waals surface area contributed by atoms with E-state index >= 15 is 0 Å². The first kappa shape index (κ1) is 25.5. The van der Waals surface area contributed by atoms with Crippen LogP contribution in [0.2, 0.25) is 15.1 Å². The Bertz CT molecular complexity index is 1320. The number of aromatic hydroxyl groups is 1. The van der Waals surface area contributed by atoms with Gasteiger partial charge >= 0.3 is 0 Å². The molecule has 0 fully saturated rings. The van der Waals surface area contributed by atoms with Crippen LogP contribution in [0.25, 0.3) is 0 Å². The number of aliphatic imine (C=N–C) groups is 1. The second kappa shape index (κ2) is 11.9. The zero-order valence-electron chi connectivity index (χ0n) is 19.0. The maximum absolute atomic E-state index is 9.75. The van der Waals surface area contributed by atoms with Crippen molar-refractivity contribution in [2.75, 3.05) is 0 Å². The van der Waals surface area contributed by atoms with Crippen LogP contribution in [0.4, 0.5) is 5.69 Å². The summed E-state index contributed by atoms with van der Waals surface area (Å²) >= 11 is 20.4. The van der Waals surface area contributed by atoms with E-state index in [9.17, 15) is 5.11 Å². The van der Waals surface area contributed by atoms with Crippen molar-refractivity contribution in [2.45, 2.75) is 24.9 Å². The van der Waals surface area contributed by atoms with Crippen LogP contribution in [0.15, 0.2) is 101 Å². The van der Waals surface area contributed by atoms with E-state index in [1.54, 1.807) is 42.1 Å². The maximum atomic E-state index is 9.75. The van der Waals surface area contributed by atoms with Crippen LogP contribution >= 0.6 is 46.6 Å². The minimum absolute atomic E-state index is 0.228. The van der Waals surface area contributed by atoms with Crippen molar-refractivity contribution in [3.63, 3.8) is 0 Å². The highest BCUT2D eigenvalue weighted by Gasteiger charge is 2.16. The van der Waals surface area contributed by atoms with Gasteiger partial charge in [-0.25, -0.2) is 4.99 Å². The molecular formula is C28H23Cl3N2OS. The van der Waals surface area contributed by atoms with Gasteiger partial charge in [0.1, 0.15) is 5.75 Å². The van der Waals surface area contributed by atoms with Gasteiger partial charge in [-0.3, -0.25) is 0 Å². The van der Waals surface area contributed by atoms with E-state index in [0.717, 1.165) is 21.2 Å². The molecule has 4 aromatic rings. The summed E-state index contributed by atoms with van der Waals surface area (Å²) in [6, 6.07) is 28.6. The molecule has 4 rings (SSSR count). The van der Waals surface area contributed by atoms with Crippen molar-refractivity contribution in [2.24, 2.45) is 4.99 Å². The molecule has 0 atom stereocenters. The molecule has 0 bridgehead atoms. The second-order valence-corrected chi connectivity index (χ2v) is 10.4. The van der Waals surface area contributed by atoms with Gasteiger partial charge in [0.15, 0.2) is 5.17 Å². The Hall–Kier alpha value is -2.63. The molecule has 3 nitrogen and oxygen atoms in total. The average Bonchev–Trinajstić information content (AvgIpc) is 2.79. The third-order valence-electron chi connectivity index (χ3n) is 5.11. The van der Waals surface area contributed by atoms with Crippen LogP contribution < -0.4 is 0 Å². The highest BCUT2D eigenvalue weighted by molar-refractivity contribution is 8.13. The normalized spacial score (nSPS) is 11.5. The molecule has 0 aliphatic rings. The number of rotatable bonds is 6. The SMILES string of the molecule is Cc1cccc(SC(=Nc2cc(Cl)cc(Cl)c2)N(Cc2ccc(O)cc2)Cc2cccc(Cl)c2)c1. The van der Waals surface area contributed by atoms with Gasteiger partial charge in [0.2, 0.25) is 0 Å². The zero-order valence-corrected chi connectivity index (χ0v) is 22.0. The molecule has 7 heteroatoms. The van der Waals surface area contributed by atoms with Gasteiger partial charge < -0.3 is 10.0 Å². The summed E-state index contributed by atoms with van der Waals surface area (Å²) in [6.07, 6.45) is 0. The lowest BCUT2D eigenvalue weighted by Gasteiger charge is -2.26. The number of thioether (sulfide) groups is 1. The van der Waals surface area contributed by atoms with E-state index in [1.807, 2.05) is 42.5 Å². The fourth-order valence-corrected chi connectivity index (χ4v) is 5.26. The van der Waals surface area contributed by atoms with Gasteiger partial charge in [0.25, 0.3) is 0 Å². The lowest BCUT2D eigenvalue weighted by Crippen LogP contribution is -2.28. The van der Waals surface area contributed by atoms with Gasteiger partial charge in [0.05, 0.1) is 5.69 Å². The summed E-state index contributed by atoms with van der Waals surface area (Å²) < 4.78 is 0. The zero-order chi connectivity index (χ0) is 24.8. The van der Waals surface area contributed by atoms with Crippen LogP contribution in [0.5, 0.6) is 5.75 Å². The summed E-state index contributed by atoms with van der Waals surface area (Å²) in [5.41, 5.74) is 3.92. The van der Waals surface area contributed by atoms with Gasteiger partial charge in [-0.05, 0) is 72.6 Å². The lowest BCUT2D eigenvalue weighted by molar-refractivity contribution is 0.414. The molecule has 0 unspecified atom stereocenters. The highest BCUT2D eigenvalue weighted by atomic mass is 35.5. The maximum Gasteiger partial charge on any atom is 0.169 e. The van der Waals surface area contributed by atoms with Crippen LogP contribution in [0, 0.1) is 6.92 Å². The van der Waals surface area contributed by atoms with Crippen molar-refractivity contribution in [3.05, 3.63) is 123 Å². The Morgan fingerprint density at radius 1 is 0.771 bits per heavy atom. The molecule has 0 spiro atoms. The van der Waals surface area contributed by atoms with Gasteiger partial charge in [-0.15, -0.1) is 0 Å². The third-order valence-corrected chi connectivity index (χ3v) is 6.81. The number of phenolic OH excluding ortho intramolecular Hbond substituents is 1. The van der Waals surface area contributed by atoms with Crippen molar-refractivity contribution >= 4 is 57.4 Å². The molecule has 0 heterocycles. The first-order chi connectivity index (χ1) is 16.8. The summed E-state index contributed by atoms with van der Waals surface area (Å²) in [4.78, 5) is 8.24. The fraction of sp³-hybridized carbons (Fsp3) is 0.107. The van der Waals surface area contributed by atoms with E-state index in [4.69, 9.17) is 39.8 Å². The van der Waals surface area contributed by atoms with E-state index < -0.39 is 0 Å². The number of nitrogens with zero attached hydrogens (tertiary/aromatic N) is 2. The van der Waals surface area contributed by atoms with Crippen molar-refractivity contribution in [3.8, 4) is 5.75 Å². The molecule has 0 aliphatic heterocycles. The van der Waals surface area contributed by atoms with Crippen molar-refractivity contribution in [1.29, 1.82) is 0 Å². The predicted molar refractivity (Wildman–Crippen MR) is 149 cm³/mol. The summed E-state index contributed by atoms with van der Waals surface area (Å²) in [5, 5.41) is 12.3. The molecule has 178 valence electrons. The molecule has 35 heavy (non-hydrogen) atoms. The molecule has 0 radical (unpaired) electrons. The first-order valence-electron chi connectivity index (χ1n) is 10.9. The number of aryl methyl sites for hydroxylation is 1. The quantitative estimate of drug-likeness (QED) is 0.150. The summed E-state index contributed by atoms with van der Waals surface area (Å²) in [7, 11) is 0. The predicted octanol–water partition coefficient (Wildman–Crippen LogP) is 9.14. The van der Waals surface area contributed by atoms with Gasteiger partial charge in [0, 0.05) is 33.1 Å². The standard InChI is InChI=1S/C28H23Cl3N2OS/c1-19-4-2-7-27(12-19)35-28(32-25-15-23(30)14-24(31)16-25)33(17-20-8-10-26(34)11-9-20)18-21-5-3-6-22(29)13-21/h2-16,34H,17-18H2,1H3. The number of halogens is 3. The van der Waals surface area contributed by atoms with Crippen LogP contribution in [0.1, 0.15) is 16.7 Å². The highest BCUT2D eigenvalue weighted by Crippen LogP contribution is 2.31. The Balaban J connectivity index is 1.78. The minimum atomic E-state index is 0.228. The smallest absolute Gasteiger partial charge is 0.169 e. The summed E-state index contributed by atoms with van der Waals surface area (Å²) in [5.74, 6) is 0.228. The molecule has 0 aliphatic carbocycles. The number of benzene rings is 4. The molecule has 4 aromatic carbocycles. The van der Waals surface area contributed by atoms with E-state index in [2.05, 4.69) is 30.0 Å². The minimum Gasteiger partial charge on any atom is -0.508 e. The van der Waals surface area contributed by atoms with Crippen LogP contribution in [-0.2, 0) is 13.1 Å². The molecule has 0 amide bonds. The number of amidine groups is 1. The molecular weight excluding hydrogens is 519 g/mol. The molecule has 0 aromatic heterocycles. The second-order valence-electron chi connectivity index (χ2n) is 8.09. The largest absolute Gasteiger partial charge is 0.508 e. The number of phenols is 1. The first-order valence-corrected chi connectivity index (χ1v) is 12.9. The summed E-state index contributed by atoms with van der Waals surface area (Å²) in [6.45, 7) is 3.21. The average molecular weight is 542 g/mol. The Kier molecular flexibility index (Phi) is 8.64. The molecule has 0 saturated carbocycles. The Morgan fingerprint density at radius 3 is 2.14 bits per heavy atom. The van der Waals surface area contributed by atoms with E-state index in [1.165, 1.54) is 5.56 Å². The molecule has 0 saturated heterocycles. The van der Waals surface area contributed by atoms with Gasteiger partial charge in [-0.2, -0.15) is 0 Å². The van der Waals surface area contributed by atoms with Gasteiger partial charge in [-0.1, -0.05) is 88.5 Å². The monoisotopic (exact) mass is 540 g/mol. The van der Waals surface area contributed by atoms with Crippen molar-refractivity contribution < 1.29 is 5.11 Å².